The number of benzene rings is 3. The Labute approximate surface area is 138 Å². The molecule has 0 unspecified atom stereocenters. The Kier molecular flexibility index (Phi) is 4.91. The van der Waals surface area contributed by atoms with Gasteiger partial charge in [0.2, 0.25) is 0 Å². The van der Waals surface area contributed by atoms with Crippen molar-refractivity contribution in [1.82, 2.24) is 0 Å². The van der Waals surface area contributed by atoms with Crippen LogP contribution in [0.25, 0.3) is 0 Å². The molecule has 0 aliphatic rings. The fraction of sp³-hybridized carbons (Fsp3) is 0. The van der Waals surface area contributed by atoms with E-state index in [9.17, 15) is 0 Å². The van der Waals surface area contributed by atoms with Gasteiger partial charge in [0.15, 0.2) is 0 Å². The normalized spacial score (nSPS) is 10.5. The Balaban J connectivity index is 1.79. The van der Waals surface area contributed by atoms with Crippen LogP contribution in [0.3, 0.4) is 0 Å². The van der Waals surface area contributed by atoms with Crippen molar-refractivity contribution in [2.45, 2.75) is 19.6 Å². The SMILES string of the molecule is Clc1ccccc1Sc1cccc(Sc2ccccc2)c1. The Morgan fingerprint density at radius 1 is 0.571 bits per heavy atom. The number of hydrogen-bond acceptors (Lipinski definition) is 2. The van der Waals surface area contributed by atoms with E-state index in [4.69, 9.17) is 11.6 Å². The first-order valence-electron chi connectivity index (χ1n) is 6.56. The molecule has 0 heterocycles. The molecule has 0 aliphatic heterocycles. The summed E-state index contributed by atoms with van der Waals surface area (Å²) in [5, 5.41) is 0.795. The molecular formula is C18H13ClS2. The zero-order valence-corrected chi connectivity index (χ0v) is 13.6. The second-order valence-electron chi connectivity index (χ2n) is 4.42. The minimum absolute atomic E-state index is 0.795. The third-order valence-corrected chi connectivity index (χ3v) is 5.35. The maximum absolute atomic E-state index is 6.22. The molecule has 0 aliphatic carbocycles. The summed E-state index contributed by atoms with van der Waals surface area (Å²) in [6.07, 6.45) is 0. The lowest BCUT2D eigenvalue weighted by molar-refractivity contribution is 1.31. The molecule has 0 N–H and O–H groups in total. The molecule has 104 valence electrons. The van der Waals surface area contributed by atoms with Crippen LogP contribution in [0.15, 0.2) is 98.4 Å². The first kappa shape index (κ1) is 14.6. The molecule has 3 heteroatoms. The number of halogens is 1. The van der Waals surface area contributed by atoms with Gasteiger partial charge in [-0.25, -0.2) is 0 Å². The van der Waals surface area contributed by atoms with Gasteiger partial charge in [0, 0.05) is 19.6 Å². The van der Waals surface area contributed by atoms with E-state index in [-0.39, 0.29) is 0 Å². The van der Waals surface area contributed by atoms with E-state index in [1.165, 1.54) is 14.7 Å². The summed E-state index contributed by atoms with van der Waals surface area (Å²) in [5.41, 5.74) is 0. The highest BCUT2D eigenvalue weighted by molar-refractivity contribution is 8.00. The highest BCUT2D eigenvalue weighted by atomic mass is 35.5. The summed E-state index contributed by atoms with van der Waals surface area (Å²) in [7, 11) is 0. The largest absolute Gasteiger partial charge is 0.0901 e. The van der Waals surface area contributed by atoms with Gasteiger partial charge in [0.25, 0.3) is 0 Å². The molecule has 0 saturated carbocycles. The van der Waals surface area contributed by atoms with Gasteiger partial charge in [0.1, 0.15) is 0 Å². The van der Waals surface area contributed by atoms with Crippen molar-refractivity contribution < 1.29 is 0 Å². The zero-order valence-electron chi connectivity index (χ0n) is 11.2. The second kappa shape index (κ2) is 7.08. The highest BCUT2D eigenvalue weighted by Crippen LogP contribution is 2.36. The van der Waals surface area contributed by atoms with Crippen molar-refractivity contribution >= 4 is 35.1 Å². The lowest BCUT2D eigenvalue weighted by Crippen LogP contribution is -1.77. The first-order valence-corrected chi connectivity index (χ1v) is 8.58. The van der Waals surface area contributed by atoms with Crippen LogP contribution >= 0.6 is 35.1 Å². The number of hydrogen-bond donors (Lipinski definition) is 0. The number of rotatable bonds is 4. The quantitative estimate of drug-likeness (QED) is 0.526. The lowest BCUT2D eigenvalue weighted by atomic mass is 10.4. The van der Waals surface area contributed by atoms with Crippen LogP contribution in [0.4, 0.5) is 0 Å². The molecule has 3 rings (SSSR count). The molecule has 21 heavy (non-hydrogen) atoms. The van der Waals surface area contributed by atoms with Crippen molar-refractivity contribution in [2.75, 3.05) is 0 Å². The Morgan fingerprint density at radius 3 is 1.95 bits per heavy atom. The summed E-state index contributed by atoms with van der Waals surface area (Å²) in [4.78, 5) is 4.76. The molecule has 0 saturated heterocycles. The smallest absolute Gasteiger partial charge is 0.0545 e. The van der Waals surface area contributed by atoms with E-state index >= 15 is 0 Å². The standard InChI is InChI=1S/C18H13ClS2/c19-17-11-4-5-12-18(17)21-16-10-6-9-15(13-16)20-14-7-2-1-3-8-14/h1-13H. The summed E-state index contributed by atoms with van der Waals surface area (Å²) >= 11 is 9.68. The van der Waals surface area contributed by atoms with Crippen LogP contribution in [-0.2, 0) is 0 Å². The van der Waals surface area contributed by atoms with E-state index in [2.05, 4.69) is 48.5 Å². The predicted octanol–water partition coefficient (Wildman–Crippen LogP) is 6.64. The Hall–Kier alpha value is -1.35. The summed E-state index contributed by atoms with van der Waals surface area (Å²) in [5.74, 6) is 0. The van der Waals surface area contributed by atoms with E-state index < -0.39 is 0 Å². The average Bonchev–Trinajstić information content (AvgIpc) is 2.51. The van der Waals surface area contributed by atoms with E-state index in [1.54, 1.807) is 23.5 Å². The van der Waals surface area contributed by atoms with Gasteiger partial charge in [-0.05, 0) is 42.5 Å². The molecule has 0 aromatic heterocycles. The van der Waals surface area contributed by atoms with Crippen LogP contribution < -0.4 is 0 Å². The van der Waals surface area contributed by atoms with Gasteiger partial charge in [-0.15, -0.1) is 0 Å². The van der Waals surface area contributed by atoms with E-state index in [1.807, 2.05) is 30.3 Å². The lowest BCUT2D eigenvalue weighted by Gasteiger charge is -2.06. The molecule has 0 spiro atoms. The van der Waals surface area contributed by atoms with Crippen LogP contribution in [0, 0.1) is 0 Å². The maximum atomic E-state index is 6.22. The molecule has 0 radical (unpaired) electrons. The van der Waals surface area contributed by atoms with Gasteiger partial charge < -0.3 is 0 Å². The minimum atomic E-state index is 0.795. The summed E-state index contributed by atoms with van der Waals surface area (Å²) in [6.45, 7) is 0. The molecule has 0 nitrogen and oxygen atoms in total. The van der Waals surface area contributed by atoms with Crippen LogP contribution in [0.1, 0.15) is 0 Å². The molecule has 0 bridgehead atoms. The second-order valence-corrected chi connectivity index (χ2v) is 7.09. The van der Waals surface area contributed by atoms with Crippen molar-refractivity contribution in [3.63, 3.8) is 0 Å². The fourth-order valence-corrected chi connectivity index (χ4v) is 4.00. The van der Waals surface area contributed by atoms with Gasteiger partial charge in [0.05, 0.1) is 5.02 Å². The van der Waals surface area contributed by atoms with E-state index in [0.717, 1.165) is 9.92 Å². The zero-order chi connectivity index (χ0) is 14.5. The molecule has 0 atom stereocenters. The Morgan fingerprint density at radius 2 is 1.19 bits per heavy atom. The monoisotopic (exact) mass is 328 g/mol. The topological polar surface area (TPSA) is 0 Å². The van der Waals surface area contributed by atoms with Crippen LogP contribution in [0.5, 0.6) is 0 Å². The molecule has 0 fully saturated rings. The molecule has 0 amide bonds. The minimum Gasteiger partial charge on any atom is -0.0901 e. The van der Waals surface area contributed by atoms with Crippen molar-refractivity contribution in [1.29, 1.82) is 0 Å². The first-order chi connectivity index (χ1) is 10.3. The van der Waals surface area contributed by atoms with E-state index in [0.29, 0.717) is 0 Å². The third-order valence-electron chi connectivity index (χ3n) is 2.85. The summed E-state index contributed by atoms with van der Waals surface area (Å²) in [6, 6.07) is 26.9. The van der Waals surface area contributed by atoms with Gasteiger partial charge in [-0.3, -0.25) is 0 Å². The van der Waals surface area contributed by atoms with Gasteiger partial charge in [-0.2, -0.15) is 0 Å². The van der Waals surface area contributed by atoms with Crippen LogP contribution in [0.2, 0.25) is 5.02 Å². The van der Waals surface area contributed by atoms with Gasteiger partial charge in [-0.1, -0.05) is 71.5 Å². The van der Waals surface area contributed by atoms with Crippen molar-refractivity contribution in [3.05, 3.63) is 83.9 Å². The van der Waals surface area contributed by atoms with Crippen molar-refractivity contribution in [3.8, 4) is 0 Å². The Bertz CT molecular complexity index is 726. The molecule has 3 aromatic carbocycles. The molecular weight excluding hydrogens is 316 g/mol. The average molecular weight is 329 g/mol. The van der Waals surface area contributed by atoms with Crippen LogP contribution in [-0.4, -0.2) is 0 Å². The van der Waals surface area contributed by atoms with Crippen molar-refractivity contribution in [2.24, 2.45) is 0 Å². The predicted molar refractivity (Wildman–Crippen MR) is 92.6 cm³/mol. The van der Waals surface area contributed by atoms with Gasteiger partial charge >= 0.3 is 0 Å². The maximum Gasteiger partial charge on any atom is 0.0545 e. The molecule has 3 aromatic rings. The summed E-state index contributed by atoms with van der Waals surface area (Å²) < 4.78 is 0. The highest BCUT2D eigenvalue weighted by Gasteiger charge is 2.03. The fourth-order valence-electron chi connectivity index (χ4n) is 1.88. The third kappa shape index (κ3) is 4.07.